The summed E-state index contributed by atoms with van der Waals surface area (Å²) in [6.45, 7) is 0. The first-order valence-electron chi connectivity index (χ1n) is 7.90. The lowest BCUT2D eigenvalue weighted by molar-refractivity contribution is 0.440. The number of phenolic OH excluding ortho intramolecular Hbond substituents is 2. The fourth-order valence-electron chi connectivity index (χ4n) is 3.21. The second-order valence-corrected chi connectivity index (χ2v) is 9.22. The molecule has 29 heavy (non-hydrogen) atoms. The van der Waals surface area contributed by atoms with Gasteiger partial charge in [-0.05, 0) is 24.3 Å². The lowest BCUT2D eigenvalue weighted by Crippen LogP contribution is -2.39. The van der Waals surface area contributed by atoms with E-state index in [-0.39, 0.29) is 36.8 Å². The van der Waals surface area contributed by atoms with Gasteiger partial charge in [0.2, 0.25) is 0 Å². The maximum atomic E-state index is 13.0. The van der Waals surface area contributed by atoms with E-state index in [1.807, 2.05) is 0 Å². The van der Waals surface area contributed by atoms with Gasteiger partial charge in [-0.2, -0.15) is 8.42 Å². The molecule has 0 aliphatic carbocycles. The van der Waals surface area contributed by atoms with Crippen LogP contribution in [0.25, 0.3) is 0 Å². The average Bonchev–Trinajstić information content (AvgIpc) is 2.63. The Balaban J connectivity index is 2.63. The number of para-hydroxylation sites is 1. The van der Waals surface area contributed by atoms with Gasteiger partial charge in [0.1, 0.15) is 16.5 Å². The van der Waals surface area contributed by atoms with E-state index in [0.29, 0.717) is 0 Å². The zero-order valence-electron chi connectivity index (χ0n) is 14.3. The highest BCUT2D eigenvalue weighted by atomic mass is 35.5. The van der Waals surface area contributed by atoms with Gasteiger partial charge in [0.05, 0.1) is 5.02 Å². The maximum absolute atomic E-state index is 13.0. The second kappa shape index (κ2) is 7.87. The van der Waals surface area contributed by atoms with E-state index in [1.165, 1.54) is 48.5 Å². The Morgan fingerprint density at radius 3 is 1.93 bits per heavy atom. The number of halogens is 4. The summed E-state index contributed by atoms with van der Waals surface area (Å²) in [4.78, 5) is 0. The number of hydrogen-bond donors (Lipinski definition) is 3. The fourth-order valence-corrected chi connectivity index (χ4v) is 5.69. The summed E-state index contributed by atoms with van der Waals surface area (Å²) in [5.41, 5.74) is -0.582. The Bertz CT molecular complexity index is 1210. The molecule has 3 aromatic carbocycles. The molecule has 0 spiro atoms. The Morgan fingerprint density at radius 1 is 0.724 bits per heavy atom. The fraction of sp³-hybridized carbons (Fsp3) is 0.0526. The number of rotatable bonds is 4. The molecule has 0 aromatic heterocycles. The van der Waals surface area contributed by atoms with Crippen LogP contribution in [0.2, 0.25) is 20.1 Å². The highest BCUT2D eigenvalue weighted by Gasteiger charge is 2.52. The van der Waals surface area contributed by atoms with E-state index in [1.54, 1.807) is 0 Å². The van der Waals surface area contributed by atoms with Crippen molar-refractivity contribution in [1.82, 2.24) is 0 Å². The molecule has 0 saturated heterocycles. The number of hydrogen-bond acceptors (Lipinski definition) is 4. The van der Waals surface area contributed by atoms with E-state index in [9.17, 15) is 23.2 Å². The van der Waals surface area contributed by atoms with Crippen molar-refractivity contribution < 1.29 is 23.2 Å². The molecule has 0 bridgehead atoms. The van der Waals surface area contributed by atoms with Crippen molar-refractivity contribution in [2.45, 2.75) is 4.75 Å². The minimum atomic E-state index is -5.11. The first kappa shape index (κ1) is 22.0. The van der Waals surface area contributed by atoms with Gasteiger partial charge in [-0.1, -0.05) is 76.7 Å². The molecular formula is C19H12Cl4O5S. The Labute approximate surface area is 186 Å². The zero-order chi connectivity index (χ0) is 21.6. The molecule has 0 saturated carbocycles. The molecule has 1 atom stereocenters. The van der Waals surface area contributed by atoms with Gasteiger partial charge in [-0.15, -0.1) is 0 Å². The van der Waals surface area contributed by atoms with Gasteiger partial charge < -0.3 is 10.2 Å². The van der Waals surface area contributed by atoms with Crippen molar-refractivity contribution in [2.24, 2.45) is 0 Å². The van der Waals surface area contributed by atoms with E-state index in [0.717, 1.165) is 6.07 Å². The predicted molar refractivity (Wildman–Crippen MR) is 114 cm³/mol. The summed E-state index contributed by atoms with van der Waals surface area (Å²) in [7, 11) is -5.11. The molecule has 10 heteroatoms. The van der Waals surface area contributed by atoms with Gasteiger partial charge in [0.15, 0.2) is 4.75 Å². The first-order valence-corrected chi connectivity index (χ1v) is 10.9. The monoisotopic (exact) mass is 492 g/mol. The molecule has 0 heterocycles. The van der Waals surface area contributed by atoms with Gasteiger partial charge >= 0.3 is 0 Å². The molecular weight excluding hydrogens is 482 g/mol. The Hall–Kier alpha value is -1.67. The van der Waals surface area contributed by atoms with Crippen LogP contribution in [0.1, 0.15) is 16.7 Å². The summed E-state index contributed by atoms with van der Waals surface area (Å²) in [6.07, 6.45) is 0. The quantitative estimate of drug-likeness (QED) is 0.311. The Morgan fingerprint density at radius 2 is 1.34 bits per heavy atom. The first-order chi connectivity index (χ1) is 13.5. The molecule has 3 aromatic rings. The minimum absolute atomic E-state index is 0.112. The third-order valence-corrected chi connectivity index (χ3v) is 7.28. The van der Waals surface area contributed by atoms with Crippen molar-refractivity contribution in [3.63, 3.8) is 0 Å². The number of benzene rings is 3. The van der Waals surface area contributed by atoms with Crippen LogP contribution in [-0.4, -0.2) is 23.2 Å². The van der Waals surface area contributed by atoms with Crippen molar-refractivity contribution in [3.8, 4) is 11.5 Å². The summed E-state index contributed by atoms with van der Waals surface area (Å²) < 4.78 is 34.0. The predicted octanol–water partition coefficient (Wildman–Crippen LogP) is 5.89. The van der Waals surface area contributed by atoms with Gasteiger partial charge in [0, 0.05) is 26.7 Å². The van der Waals surface area contributed by atoms with Crippen LogP contribution in [0.15, 0.2) is 54.6 Å². The molecule has 0 fully saturated rings. The van der Waals surface area contributed by atoms with Crippen molar-refractivity contribution in [3.05, 3.63) is 91.4 Å². The molecule has 0 aliphatic rings. The third-order valence-electron chi connectivity index (χ3n) is 4.42. The second-order valence-electron chi connectivity index (χ2n) is 6.06. The van der Waals surface area contributed by atoms with Crippen LogP contribution in [0, 0.1) is 0 Å². The van der Waals surface area contributed by atoms with E-state index >= 15 is 0 Å². The molecule has 0 aliphatic heterocycles. The number of phenols is 2. The Kier molecular flexibility index (Phi) is 5.98. The summed E-state index contributed by atoms with van der Waals surface area (Å²) >= 11 is 24.6. The largest absolute Gasteiger partial charge is 0.508 e. The third kappa shape index (κ3) is 3.54. The van der Waals surface area contributed by atoms with E-state index in [2.05, 4.69) is 0 Å². The molecule has 0 radical (unpaired) electrons. The average molecular weight is 494 g/mol. The van der Waals surface area contributed by atoms with E-state index in [4.69, 9.17) is 46.4 Å². The van der Waals surface area contributed by atoms with Crippen LogP contribution >= 0.6 is 46.4 Å². The molecule has 0 amide bonds. The smallest absolute Gasteiger partial charge is 0.283 e. The van der Waals surface area contributed by atoms with Gasteiger partial charge in [0.25, 0.3) is 10.1 Å². The molecule has 5 nitrogen and oxygen atoms in total. The van der Waals surface area contributed by atoms with E-state index < -0.39 is 26.4 Å². The van der Waals surface area contributed by atoms with Crippen molar-refractivity contribution >= 4 is 56.5 Å². The highest BCUT2D eigenvalue weighted by Crippen LogP contribution is 2.52. The van der Waals surface area contributed by atoms with Gasteiger partial charge in [-0.3, -0.25) is 4.55 Å². The summed E-state index contributed by atoms with van der Waals surface area (Å²) in [5, 5.41) is 19.8. The maximum Gasteiger partial charge on any atom is 0.283 e. The van der Waals surface area contributed by atoms with Crippen LogP contribution in [-0.2, 0) is 14.9 Å². The SMILES string of the molecule is O=S(=O)(O)C(c1ccccc1O)(c1ccc(Cl)cc1Cl)c1ccc(O)c(Cl)c1Cl. The molecule has 152 valence electrons. The lowest BCUT2D eigenvalue weighted by Gasteiger charge is -2.34. The van der Waals surface area contributed by atoms with Crippen LogP contribution in [0.4, 0.5) is 0 Å². The topological polar surface area (TPSA) is 94.8 Å². The van der Waals surface area contributed by atoms with Crippen LogP contribution in [0.5, 0.6) is 11.5 Å². The standard InChI is InChI=1S/C19H12Cl4O5S/c20-10-5-6-11(14(21)9-10)19(29(26,27)28,12-3-1-2-4-15(12)24)13-7-8-16(25)18(23)17(13)22/h1-9,24-25H,(H,26,27,28). The van der Waals surface area contributed by atoms with Crippen LogP contribution < -0.4 is 0 Å². The zero-order valence-corrected chi connectivity index (χ0v) is 18.1. The minimum Gasteiger partial charge on any atom is -0.508 e. The van der Waals surface area contributed by atoms with Crippen molar-refractivity contribution in [1.29, 1.82) is 0 Å². The highest BCUT2D eigenvalue weighted by molar-refractivity contribution is 7.87. The van der Waals surface area contributed by atoms with Crippen molar-refractivity contribution in [2.75, 3.05) is 0 Å². The molecule has 1 unspecified atom stereocenters. The molecule has 3 N–H and O–H groups in total. The van der Waals surface area contributed by atoms with Crippen LogP contribution in [0.3, 0.4) is 0 Å². The normalized spacial score (nSPS) is 13.8. The lowest BCUT2D eigenvalue weighted by atomic mass is 9.83. The van der Waals surface area contributed by atoms with Gasteiger partial charge in [-0.25, -0.2) is 0 Å². The number of aromatic hydroxyl groups is 2. The molecule has 3 rings (SSSR count). The summed E-state index contributed by atoms with van der Waals surface area (Å²) in [6, 6.07) is 11.7. The summed E-state index contributed by atoms with van der Waals surface area (Å²) in [5.74, 6) is -0.847.